The lowest BCUT2D eigenvalue weighted by molar-refractivity contribution is -0.121. The first kappa shape index (κ1) is 21.5. The number of likely N-dealkylation sites (tertiary alicyclic amines) is 1. The summed E-state index contributed by atoms with van der Waals surface area (Å²) in [6.45, 7) is 8.37. The van der Waals surface area contributed by atoms with Gasteiger partial charge in [-0.25, -0.2) is 0 Å². The number of halogens is 1. The van der Waals surface area contributed by atoms with Gasteiger partial charge in [-0.2, -0.15) is 4.98 Å². The summed E-state index contributed by atoms with van der Waals surface area (Å²) in [6, 6.07) is 11.6. The lowest BCUT2D eigenvalue weighted by Crippen LogP contribution is -2.38. The Morgan fingerprint density at radius 3 is 2.55 bits per heavy atom. The number of amides is 1. The molecule has 0 radical (unpaired) electrons. The van der Waals surface area contributed by atoms with Gasteiger partial charge in [0.25, 0.3) is 0 Å². The lowest BCUT2D eigenvalue weighted by Gasteiger charge is -2.30. The minimum absolute atomic E-state index is 0.0149. The summed E-state index contributed by atoms with van der Waals surface area (Å²) in [6.07, 6.45) is 1.62. The molecule has 0 atom stereocenters. The highest BCUT2D eigenvalue weighted by Gasteiger charge is 2.26. The smallest absolute Gasteiger partial charge is 0.241 e. The molecule has 2 aromatic carbocycles. The van der Waals surface area contributed by atoms with Crippen molar-refractivity contribution in [3.05, 3.63) is 64.0 Å². The van der Waals surface area contributed by atoms with E-state index in [4.69, 9.17) is 16.1 Å². The van der Waals surface area contributed by atoms with Crippen molar-refractivity contribution in [3.63, 3.8) is 0 Å². The van der Waals surface area contributed by atoms with E-state index in [0.29, 0.717) is 23.3 Å². The van der Waals surface area contributed by atoms with Crippen LogP contribution in [0.1, 0.15) is 35.4 Å². The zero-order chi connectivity index (χ0) is 22.0. The monoisotopic (exact) mass is 438 g/mol. The maximum Gasteiger partial charge on any atom is 0.241 e. The standard InChI is InChI=1S/C24H27ClN4O2/c1-15-11-16(2)22(17(3)12-15)27-24(30)18-7-9-29(10-8-18)14-21-26-23(28-31-21)19-5-4-6-20(25)13-19/h4-6,11-13,18H,7-10,14H2,1-3H3,(H,27,30). The molecule has 1 fully saturated rings. The first-order valence-corrected chi connectivity index (χ1v) is 11.0. The van der Waals surface area contributed by atoms with Crippen molar-refractivity contribution in [3.8, 4) is 11.4 Å². The fourth-order valence-corrected chi connectivity index (χ4v) is 4.40. The highest BCUT2D eigenvalue weighted by molar-refractivity contribution is 6.30. The first-order valence-electron chi connectivity index (χ1n) is 10.6. The van der Waals surface area contributed by atoms with E-state index in [1.807, 2.05) is 38.1 Å². The van der Waals surface area contributed by atoms with Gasteiger partial charge in [0.05, 0.1) is 6.54 Å². The Balaban J connectivity index is 1.32. The van der Waals surface area contributed by atoms with Gasteiger partial charge in [-0.15, -0.1) is 0 Å². The molecule has 6 nitrogen and oxygen atoms in total. The van der Waals surface area contributed by atoms with Crippen LogP contribution < -0.4 is 5.32 Å². The van der Waals surface area contributed by atoms with Gasteiger partial charge in [0.2, 0.25) is 17.6 Å². The minimum atomic E-state index is 0.0149. The van der Waals surface area contributed by atoms with Crippen LogP contribution in [0, 0.1) is 26.7 Å². The van der Waals surface area contributed by atoms with Crippen LogP contribution >= 0.6 is 11.6 Å². The summed E-state index contributed by atoms with van der Waals surface area (Å²) in [7, 11) is 0. The minimum Gasteiger partial charge on any atom is -0.338 e. The van der Waals surface area contributed by atoms with Crippen molar-refractivity contribution in [1.29, 1.82) is 0 Å². The average Bonchev–Trinajstić information content (AvgIpc) is 3.19. The average molecular weight is 439 g/mol. The zero-order valence-electron chi connectivity index (χ0n) is 18.1. The lowest BCUT2D eigenvalue weighted by atomic mass is 9.95. The molecule has 1 saturated heterocycles. The van der Waals surface area contributed by atoms with Crippen LogP contribution in [0.4, 0.5) is 5.69 Å². The van der Waals surface area contributed by atoms with Gasteiger partial charge in [0, 0.05) is 22.2 Å². The van der Waals surface area contributed by atoms with E-state index in [1.165, 1.54) is 5.56 Å². The van der Waals surface area contributed by atoms with Crippen LogP contribution in [-0.2, 0) is 11.3 Å². The van der Waals surface area contributed by atoms with Crippen molar-refractivity contribution in [1.82, 2.24) is 15.0 Å². The highest BCUT2D eigenvalue weighted by Crippen LogP contribution is 2.26. The van der Waals surface area contributed by atoms with E-state index in [2.05, 4.69) is 39.4 Å². The molecule has 31 heavy (non-hydrogen) atoms. The molecule has 1 amide bonds. The molecule has 0 spiro atoms. The van der Waals surface area contributed by atoms with E-state index < -0.39 is 0 Å². The molecule has 1 N–H and O–H groups in total. The van der Waals surface area contributed by atoms with Crippen LogP contribution in [0.2, 0.25) is 5.02 Å². The van der Waals surface area contributed by atoms with E-state index in [0.717, 1.165) is 48.3 Å². The molecular weight excluding hydrogens is 412 g/mol. The molecule has 0 saturated carbocycles. The number of carbonyl (C=O) groups is 1. The van der Waals surface area contributed by atoms with Gasteiger partial charge in [-0.1, -0.05) is 46.6 Å². The number of nitrogens with zero attached hydrogens (tertiary/aromatic N) is 3. The van der Waals surface area contributed by atoms with Crippen molar-refractivity contribution in [2.75, 3.05) is 18.4 Å². The maximum atomic E-state index is 12.8. The van der Waals surface area contributed by atoms with E-state index in [-0.39, 0.29) is 11.8 Å². The summed E-state index contributed by atoms with van der Waals surface area (Å²) in [5.74, 6) is 1.23. The third-order valence-electron chi connectivity index (χ3n) is 5.79. The molecule has 0 aliphatic carbocycles. The Labute approximate surface area is 187 Å². The number of hydrogen-bond acceptors (Lipinski definition) is 5. The van der Waals surface area contributed by atoms with E-state index in [9.17, 15) is 4.79 Å². The zero-order valence-corrected chi connectivity index (χ0v) is 18.9. The SMILES string of the molecule is Cc1cc(C)c(NC(=O)C2CCN(Cc3nc(-c4cccc(Cl)c4)no3)CC2)c(C)c1. The Bertz CT molecular complexity index is 1060. The van der Waals surface area contributed by atoms with Crippen molar-refractivity contribution in [2.45, 2.75) is 40.2 Å². The van der Waals surface area contributed by atoms with Gasteiger partial charge >= 0.3 is 0 Å². The molecule has 3 aromatic rings. The molecule has 7 heteroatoms. The summed E-state index contributed by atoms with van der Waals surface area (Å²) in [5, 5.41) is 7.87. The van der Waals surface area contributed by atoms with Gasteiger partial charge in [0.1, 0.15) is 0 Å². The predicted molar refractivity (Wildman–Crippen MR) is 122 cm³/mol. The number of piperidine rings is 1. The maximum absolute atomic E-state index is 12.8. The summed E-state index contributed by atoms with van der Waals surface area (Å²) < 4.78 is 5.43. The summed E-state index contributed by atoms with van der Waals surface area (Å²) >= 11 is 6.04. The second-order valence-corrected chi connectivity index (χ2v) is 8.77. The fraction of sp³-hybridized carbons (Fsp3) is 0.375. The third-order valence-corrected chi connectivity index (χ3v) is 6.03. The number of carbonyl (C=O) groups excluding carboxylic acids is 1. The predicted octanol–water partition coefficient (Wildman–Crippen LogP) is 5.17. The Hall–Kier alpha value is -2.70. The van der Waals surface area contributed by atoms with Crippen molar-refractivity contribution >= 4 is 23.2 Å². The number of nitrogens with one attached hydrogen (secondary N) is 1. The van der Waals surface area contributed by atoms with Crippen LogP contribution in [0.25, 0.3) is 11.4 Å². The number of benzene rings is 2. The molecular formula is C24H27ClN4O2. The van der Waals surface area contributed by atoms with Gasteiger partial charge in [-0.3, -0.25) is 9.69 Å². The van der Waals surface area contributed by atoms with E-state index >= 15 is 0 Å². The van der Waals surface area contributed by atoms with Crippen LogP contribution in [0.15, 0.2) is 40.9 Å². The summed E-state index contributed by atoms with van der Waals surface area (Å²) in [4.78, 5) is 19.6. The molecule has 1 aliphatic rings. The van der Waals surface area contributed by atoms with Crippen LogP contribution in [-0.4, -0.2) is 34.0 Å². The van der Waals surface area contributed by atoms with Gasteiger partial charge in [0.15, 0.2) is 0 Å². The Morgan fingerprint density at radius 1 is 1.16 bits per heavy atom. The first-order chi connectivity index (χ1) is 14.9. The van der Waals surface area contributed by atoms with Gasteiger partial charge in [-0.05, 0) is 70.0 Å². The highest BCUT2D eigenvalue weighted by atomic mass is 35.5. The van der Waals surface area contributed by atoms with Crippen LogP contribution in [0.3, 0.4) is 0 Å². The molecule has 0 bridgehead atoms. The number of anilines is 1. The quantitative estimate of drug-likeness (QED) is 0.595. The topological polar surface area (TPSA) is 71.3 Å². The largest absolute Gasteiger partial charge is 0.338 e. The number of aryl methyl sites for hydroxylation is 3. The summed E-state index contributed by atoms with van der Waals surface area (Å²) in [5.41, 5.74) is 5.20. The second-order valence-electron chi connectivity index (χ2n) is 8.34. The normalized spacial score (nSPS) is 15.2. The molecule has 1 aromatic heterocycles. The van der Waals surface area contributed by atoms with Crippen molar-refractivity contribution < 1.29 is 9.32 Å². The van der Waals surface area contributed by atoms with Crippen LogP contribution in [0.5, 0.6) is 0 Å². The van der Waals surface area contributed by atoms with Gasteiger partial charge < -0.3 is 9.84 Å². The van der Waals surface area contributed by atoms with Crippen molar-refractivity contribution in [2.24, 2.45) is 5.92 Å². The third kappa shape index (κ3) is 5.14. The van der Waals surface area contributed by atoms with E-state index in [1.54, 1.807) is 0 Å². The Kier molecular flexibility index (Phi) is 6.39. The molecule has 1 aliphatic heterocycles. The second kappa shape index (κ2) is 9.20. The molecule has 2 heterocycles. The number of hydrogen-bond donors (Lipinski definition) is 1. The molecule has 0 unspecified atom stereocenters. The molecule has 4 rings (SSSR count). The number of rotatable bonds is 5. The number of aromatic nitrogens is 2. The molecule has 162 valence electrons. The fourth-order valence-electron chi connectivity index (χ4n) is 4.21. The Morgan fingerprint density at radius 2 is 1.87 bits per heavy atom.